The molecular weight excluding hydrogens is 176 g/mol. The molecule has 0 saturated heterocycles. The molecule has 0 saturated carbocycles. The summed E-state index contributed by atoms with van der Waals surface area (Å²) in [5.74, 6) is 0.661. The number of benzene rings is 1. The molecule has 0 aliphatic carbocycles. The van der Waals surface area contributed by atoms with E-state index in [9.17, 15) is 0 Å². The average Bonchev–Trinajstić information content (AvgIpc) is 2.21. The predicted octanol–water partition coefficient (Wildman–Crippen LogP) is 1.94. The number of methoxy groups -OCH3 is 1. The Kier molecular flexibility index (Phi) is 3.09. The van der Waals surface area contributed by atoms with Gasteiger partial charge >= 0.3 is 0 Å². The zero-order valence-corrected chi connectivity index (χ0v) is 8.16. The molecule has 3 heteroatoms. The summed E-state index contributed by atoms with van der Waals surface area (Å²) in [6.45, 7) is 1.88. The van der Waals surface area contributed by atoms with Gasteiger partial charge in [0.25, 0.3) is 0 Å². The first-order valence-electron chi connectivity index (χ1n) is 4.17. The van der Waals surface area contributed by atoms with Crippen molar-refractivity contribution in [2.75, 3.05) is 7.11 Å². The third kappa shape index (κ3) is 1.84. The lowest BCUT2D eigenvalue weighted by molar-refractivity contribution is 0.411. The first kappa shape index (κ1) is 10.1. The number of rotatable bonds is 2. The van der Waals surface area contributed by atoms with Crippen LogP contribution < -0.4 is 4.74 Å². The van der Waals surface area contributed by atoms with Crippen molar-refractivity contribution >= 4 is 0 Å². The van der Waals surface area contributed by atoms with Crippen LogP contribution >= 0.6 is 0 Å². The van der Waals surface area contributed by atoms with Crippen LogP contribution in [0.4, 0.5) is 0 Å². The van der Waals surface area contributed by atoms with E-state index >= 15 is 0 Å². The fraction of sp³-hybridized carbons (Fsp3) is 0.273. The maximum absolute atomic E-state index is 8.75. The van der Waals surface area contributed by atoms with Crippen LogP contribution in [0.5, 0.6) is 5.75 Å². The Balaban J connectivity index is 3.30. The molecule has 0 unspecified atom stereocenters. The molecule has 0 atom stereocenters. The summed E-state index contributed by atoms with van der Waals surface area (Å²) < 4.78 is 5.11. The van der Waals surface area contributed by atoms with E-state index in [2.05, 4.69) is 6.07 Å². The zero-order valence-electron chi connectivity index (χ0n) is 8.16. The summed E-state index contributed by atoms with van der Waals surface area (Å²) in [5.41, 5.74) is 2.30. The highest BCUT2D eigenvalue weighted by molar-refractivity contribution is 5.47. The van der Waals surface area contributed by atoms with Gasteiger partial charge < -0.3 is 4.74 Å². The van der Waals surface area contributed by atoms with Crippen molar-refractivity contribution in [3.63, 3.8) is 0 Å². The number of nitrogens with zero attached hydrogens (tertiary/aromatic N) is 2. The SMILES string of the molecule is COc1cc(C#N)cc(CC#N)c1C. The van der Waals surface area contributed by atoms with Crippen molar-refractivity contribution in [1.29, 1.82) is 10.5 Å². The molecule has 0 fully saturated rings. The van der Waals surface area contributed by atoms with E-state index in [0.717, 1.165) is 11.1 Å². The molecule has 0 heterocycles. The molecular formula is C11H10N2O. The summed E-state index contributed by atoms with van der Waals surface area (Å²) in [5, 5.41) is 17.4. The second-order valence-corrected chi connectivity index (χ2v) is 2.91. The van der Waals surface area contributed by atoms with E-state index in [1.54, 1.807) is 19.2 Å². The van der Waals surface area contributed by atoms with E-state index in [4.69, 9.17) is 15.3 Å². The van der Waals surface area contributed by atoms with Gasteiger partial charge in [0.15, 0.2) is 0 Å². The predicted molar refractivity (Wildman–Crippen MR) is 51.8 cm³/mol. The molecule has 1 aromatic carbocycles. The Hall–Kier alpha value is -2.00. The highest BCUT2D eigenvalue weighted by atomic mass is 16.5. The molecule has 1 aromatic rings. The third-order valence-corrected chi connectivity index (χ3v) is 2.09. The quantitative estimate of drug-likeness (QED) is 0.709. The van der Waals surface area contributed by atoms with Crippen LogP contribution in [0.1, 0.15) is 16.7 Å². The van der Waals surface area contributed by atoms with Gasteiger partial charge in [-0.05, 0) is 30.2 Å². The molecule has 0 aliphatic heterocycles. The summed E-state index contributed by atoms with van der Waals surface area (Å²) in [7, 11) is 1.56. The van der Waals surface area contributed by atoms with Crippen LogP contribution in [-0.4, -0.2) is 7.11 Å². The largest absolute Gasteiger partial charge is 0.496 e. The van der Waals surface area contributed by atoms with Gasteiger partial charge in [-0.1, -0.05) is 0 Å². The summed E-state index contributed by atoms with van der Waals surface area (Å²) >= 11 is 0. The van der Waals surface area contributed by atoms with E-state index in [1.165, 1.54) is 0 Å². The molecule has 0 amide bonds. The summed E-state index contributed by atoms with van der Waals surface area (Å²) in [6.07, 6.45) is 0.303. The Bertz CT molecular complexity index is 424. The molecule has 70 valence electrons. The third-order valence-electron chi connectivity index (χ3n) is 2.09. The smallest absolute Gasteiger partial charge is 0.123 e. The lowest BCUT2D eigenvalue weighted by atomic mass is 10.0. The average molecular weight is 186 g/mol. The van der Waals surface area contributed by atoms with Crippen molar-refractivity contribution in [2.45, 2.75) is 13.3 Å². The monoisotopic (exact) mass is 186 g/mol. The second-order valence-electron chi connectivity index (χ2n) is 2.91. The van der Waals surface area contributed by atoms with Crippen molar-refractivity contribution in [1.82, 2.24) is 0 Å². The van der Waals surface area contributed by atoms with Gasteiger partial charge in [0.05, 0.1) is 31.2 Å². The van der Waals surface area contributed by atoms with Gasteiger partial charge in [-0.15, -0.1) is 0 Å². The second kappa shape index (κ2) is 4.30. The summed E-state index contributed by atoms with van der Waals surface area (Å²) in [6, 6.07) is 7.50. The maximum Gasteiger partial charge on any atom is 0.123 e. The van der Waals surface area contributed by atoms with Gasteiger partial charge in [0.1, 0.15) is 5.75 Å². The number of hydrogen-bond donors (Lipinski definition) is 0. The molecule has 0 aromatic heterocycles. The van der Waals surface area contributed by atoms with E-state index in [1.807, 2.05) is 13.0 Å². The lowest BCUT2D eigenvalue weighted by Crippen LogP contribution is -1.94. The topological polar surface area (TPSA) is 56.8 Å². The number of nitriles is 2. The van der Waals surface area contributed by atoms with Crippen molar-refractivity contribution in [3.05, 3.63) is 28.8 Å². The highest BCUT2D eigenvalue weighted by Crippen LogP contribution is 2.23. The van der Waals surface area contributed by atoms with Crippen LogP contribution in [0.2, 0.25) is 0 Å². The van der Waals surface area contributed by atoms with E-state index < -0.39 is 0 Å². The normalized spacial score (nSPS) is 8.86. The molecule has 1 rings (SSSR count). The van der Waals surface area contributed by atoms with Gasteiger partial charge in [0.2, 0.25) is 0 Å². The molecule has 0 N–H and O–H groups in total. The summed E-state index contributed by atoms with van der Waals surface area (Å²) in [4.78, 5) is 0. The Morgan fingerprint density at radius 1 is 1.36 bits per heavy atom. The van der Waals surface area contributed by atoms with E-state index in [0.29, 0.717) is 17.7 Å². The van der Waals surface area contributed by atoms with Gasteiger partial charge in [-0.25, -0.2) is 0 Å². The van der Waals surface area contributed by atoms with Crippen LogP contribution in [0.25, 0.3) is 0 Å². The minimum Gasteiger partial charge on any atom is -0.496 e. The molecule has 0 bridgehead atoms. The molecule has 0 aliphatic rings. The number of hydrogen-bond acceptors (Lipinski definition) is 3. The van der Waals surface area contributed by atoms with Crippen molar-refractivity contribution in [2.24, 2.45) is 0 Å². The molecule has 0 spiro atoms. The molecule has 3 nitrogen and oxygen atoms in total. The fourth-order valence-corrected chi connectivity index (χ4v) is 1.29. The van der Waals surface area contributed by atoms with Gasteiger partial charge in [-0.3, -0.25) is 0 Å². The Morgan fingerprint density at radius 3 is 2.57 bits per heavy atom. The van der Waals surface area contributed by atoms with Crippen LogP contribution in [0.15, 0.2) is 12.1 Å². The minimum atomic E-state index is 0.303. The van der Waals surface area contributed by atoms with Gasteiger partial charge in [-0.2, -0.15) is 10.5 Å². The van der Waals surface area contributed by atoms with E-state index in [-0.39, 0.29) is 0 Å². The molecule has 0 radical (unpaired) electrons. The van der Waals surface area contributed by atoms with Crippen LogP contribution in [-0.2, 0) is 6.42 Å². The van der Waals surface area contributed by atoms with Crippen molar-refractivity contribution in [3.8, 4) is 17.9 Å². The highest BCUT2D eigenvalue weighted by Gasteiger charge is 2.06. The fourth-order valence-electron chi connectivity index (χ4n) is 1.29. The zero-order chi connectivity index (χ0) is 10.6. The minimum absolute atomic E-state index is 0.303. The first-order chi connectivity index (χ1) is 6.72. The number of ether oxygens (including phenoxy) is 1. The standard InChI is InChI=1S/C11H10N2O/c1-8-10(3-4-12)5-9(7-13)6-11(8)14-2/h5-6H,3H2,1-2H3. The van der Waals surface area contributed by atoms with Crippen molar-refractivity contribution < 1.29 is 4.74 Å². The Morgan fingerprint density at radius 2 is 2.07 bits per heavy atom. The maximum atomic E-state index is 8.75. The molecule has 14 heavy (non-hydrogen) atoms. The first-order valence-corrected chi connectivity index (χ1v) is 4.17. The lowest BCUT2D eigenvalue weighted by Gasteiger charge is -2.08. The van der Waals surface area contributed by atoms with Crippen LogP contribution in [0.3, 0.4) is 0 Å². The Labute approximate surface area is 83.2 Å². The van der Waals surface area contributed by atoms with Crippen LogP contribution in [0, 0.1) is 29.6 Å². The van der Waals surface area contributed by atoms with Gasteiger partial charge in [0, 0.05) is 0 Å².